The van der Waals surface area contributed by atoms with Crippen molar-refractivity contribution < 1.29 is 10.2 Å². The van der Waals surface area contributed by atoms with Gasteiger partial charge in [-0.05, 0) is 85.9 Å². The SMILES string of the molecule is CC(C)CCC[C@@H](C)[C@H]1CC[C@H]2[C@@H]3C[C@H](O)[C@@]4(O)CCCC[C@]4(C)[C@H]3CC[C@]12C. The quantitative estimate of drug-likeness (QED) is 0.543. The van der Waals surface area contributed by atoms with Crippen LogP contribution in [0, 0.1) is 46.3 Å². The largest absolute Gasteiger partial charge is 0.390 e. The second kappa shape index (κ2) is 7.80. The van der Waals surface area contributed by atoms with Gasteiger partial charge < -0.3 is 10.2 Å². The van der Waals surface area contributed by atoms with Crippen LogP contribution in [0.5, 0.6) is 0 Å². The summed E-state index contributed by atoms with van der Waals surface area (Å²) in [6.45, 7) is 12.2. The maximum absolute atomic E-state index is 11.6. The van der Waals surface area contributed by atoms with E-state index in [9.17, 15) is 10.2 Å². The zero-order valence-corrected chi connectivity index (χ0v) is 19.9. The first-order valence-corrected chi connectivity index (χ1v) is 13.0. The fraction of sp³-hybridized carbons (Fsp3) is 1.00. The summed E-state index contributed by atoms with van der Waals surface area (Å²) >= 11 is 0. The van der Waals surface area contributed by atoms with E-state index in [-0.39, 0.29) is 5.41 Å². The van der Waals surface area contributed by atoms with Crippen molar-refractivity contribution in [2.45, 2.75) is 123 Å². The molecule has 0 aliphatic heterocycles. The molecule has 0 saturated heterocycles. The second-order valence-electron chi connectivity index (χ2n) is 12.7. The smallest absolute Gasteiger partial charge is 0.0961 e. The van der Waals surface area contributed by atoms with Gasteiger partial charge in [-0.2, -0.15) is 0 Å². The maximum Gasteiger partial charge on any atom is 0.0961 e. The molecule has 0 unspecified atom stereocenters. The van der Waals surface area contributed by atoms with Crippen molar-refractivity contribution in [3.05, 3.63) is 0 Å². The molecule has 4 fully saturated rings. The van der Waals surface area contributed by atoms with Gasteiger partial charge in [-0.1, -0.05) is 66.7 Å². The van der Waals surface area contributed by atoms with Gasteiger partial charge in [0.15, 0.2) is 0 Å². The van der Waals surface area contributed by atoms with Gasteiger partial charge in [0.2, 0.25) is 0 Å². The first-order valence-electron chi connectivity index (χ1n) is 13.0. The first-order chi connectivity index (χ1) is 13.6. The molecule has 9 atom stereocenters. The number of fused-ring (bicyclic) bond motifs is 5. The van der Waals surface area contributed by atoms with Crippen LogP contribution in [0.3, 0.4) is 0 Å². The van der Waals surface area contributed by atoms with Crippen LogP contribution < -0.4 is 0 Å². The van der Waals surface area contributed by atoms with Crippen molar-refractivity contribution in [3.63, 3.8) is 0 Å². The molecule has 4 saturated carbocycles. The third-order valence-electron chi connectivity index (χ3n) is 11.0. The Bertz CT molecular complexity index is 587. The molecule has 29 heavy (non-hydrogen) atoms. The molecule has 0 aromatic carbocycles. The van der Waals surface area contributed by atoms with Crippen LogP contribution >= 0.6 is 0 Å². The fourth-order valence-corrected chi connectivity index (χ4v) is 9.33. The summed E-state index contributed by atoms with van der Waals surface area (Å²) in [6.07, 6.45) is 14.1. The minimum Gasteiger partial charge on any atom is -0.390 e. The van der Waals surface area contributed by atoms with E-state index in [1.54, 1.807) is 0 Å². The normalized spacial score (nSPS) is 50.7. The highest BCUT2D eigenvalue weighted by molar-refractivity contribution is 5.16. The molecule has 2 heteroatoms. The predicted octanol–water partition coefficient (Wildman–Crippen LogP) is 6.58. The topological polar surface area (TPSA) is 40.5 Å². The van der Waals surface area contributed by atoms with Crippen LogP contribution in [0.2, 0.25) is 0 Å². The minimum atomic E-state index is -0.831. The number of hydrogen-bond acceptors (Lipinski definition) is 2. The summed E-state index contributed by atoms with van der Waals surface area (Å²) in [4.78, 5) is 0. The van der Waals surface area contributed by atoms with Crippen LogP contribution in [-0.4, -0.2) is 21.9 Å². The van der Waals surface area contributed by atoms with Crippen LogP contribution in [-0.2, 0) is 0 Å². The van der Waals surface area contributed by atoms with E-state index in [0.717, 1.165) is 49.4 Å². The van der Waals surface area contributed by atoms with Crippen molar-refractivity contribution in [1.82, 2.24) is 0 Å². The van der Waals surface area contributed by atoms with Crippen LogP contribution in [0.1, 0.15) is 112 Å². The summed E-state index contributed by atoms with van der Waals surface area (Å²) in [7, 11) is 0. The van der Waals surface area contributed by atoms with Gasteiger partial charge in [0, 0.05) is 5.41 Å². The summed E-state index contributed by atoms with van der Waals surface area (Å²) in [6, 6.07) is 0. The first kappa shape index (κ1) is 22.1. The number of rotatable bonds is 5. The lowest BCUT2D eigenvalue weighted by Crippen LogP contribution is -2.67. The molecule has 0 aromatic rings. The number of hydrogen-bond donors (Lipinski definition) is 2. The molecule has 0 spiro atoms. The maximum atomic E-state index is 11.6. The summed E-state index contributed by atoms with van der Waals surface area (Å²) in [5, 5.41) is 22.8. The molecule has 4 rings (SSSR count). The van der Waals surface area contributed by atoms with Crippen molar-refractivity contribution in [3.8, 4) is 0 Å². The molecule has 4 aliphatic rings. The predicted molar refractivity (Wildman–Crippen MR) is 121 cm³/mol. The molecule has 0 aromatic heterocycles. The van der Waals surface area contributed by atoms with E-state index in [1.165, 1.54) is 51.4 Å². The Morgan fingerprint density at radius 1 is 0.897 bits per heavy atom. The number of aliphatic hydroxyl groups is 2. The molecule has 0 radical (unpaired) electrons. The van der Waals surface area contributed by atoms with Crippen molar-refractivity contribution in [2.24, 2.45) is 46.3 Å². The third kappa shape index (κ3) is 3.34. The average Bonchev–Trinajstić information content (AvgIpc) is 3.01. The molecule has 0 amide bonds. The van der Waals surface area contributed by atoms with Crippen molar-refractivity contribution in [2.75, 3.05) is 0 Å². The van der Waals surface area contributed by atoms with E-state index in [2.05, 4.69) is 34.6 Å². The van der Waals surface area contributed by atoms with E-state index < -0.39 is 11.7 Å². The fourth-order valence-electron chi connectivity index (χ4n) is 9.33. The molecule has 0 heterocycles. The van der Waals surface area contributed by atoms with Gasteiger partial charge in [0.05, 0.1) is 11.7 Å². The molecule has 168 valence electrons. The van der Waals surface area contributed by atoms with Crippen LogP contribution in [0.25, 0.3) is 0 Å². The highest BCUT2D eigenvalue weighted by Crippen LogP contribution is 2.69. The van der Waals surface area contributed by atoms with E-state index in [4.69, 9.17) is 0 Å². The van der Waals surface area contributed by atoms with Gasteiger partial charge in [-0.3, -0.25) is 0 Å². The van der Waals surface area contributed by atoms with Gasteiger partial charge in [-0.25, -0.2) is 0 Å². The van der Waals surface area contributed by atoms with E-state index >= 15 is 0 Å². The summed E-state index contributed by atoms with van der Waals surface area (Å²) in [5.41, 5.74) is -0.448. The molecule has 4 aliphatic carbocycles. The Kier molecular flexibility index (Phi) is 5.95. The Balaban J connectivity index is 1.53. The van der Waals surface area contributed by atoms with E-state index in [0.29, 0.717) is 17.3 Å². The Morgan fingerprint density at radius 2 is 1.62 bits per heavy atom. The molecular weight excluding hydrogens is 356 g/mol. The second-order valence-corrected chi connectivity index (χ2v) is 12.7. The van der Waals surface area contributed by atoms with Crippen LogP contribution in [0.4, 0.5) is 0 Å². The molecule has 2 N–H and O–H groups in total. The molecule has 0 bridgehead atoms. The summed E-state index contributed by atoms with van der Waals surface area (Å²) in [5.74, 6) is 4.51. The Hall–Kier alpha value is -0.0800. The Labute approximate surface area is 180 Å². The highest BCUT2D eigenvalue weighted by atomic mass is 16.3. The van der Waals surface area contributed by atoms with Gasteiger partial charge >= 0.3 is 0 Å². The average molecular weight is 405 g/mol. The standard InChI is InChI=1S/C27H48O2/c1-18(2)9-8-10-19(3)21-11-12-22-20-17-24(28)27(29)15-7-6-14-26(27,5)23(20)13-16-25(21,22)4/h18-24,28-29H,6-17H2,1-5H3/t19-,20+,21-,22+,23+,24+,25-,26-,27+/m1/s1. The monoisotopic (exact) mass is 404 g/mol. The van der Waals surface area contributed by atoms with E-state index in [1.807, 2.05) is 0 Å². The Morgan fingerprint density at radius 3 is 2.34 bits per heavy atom. The zero-order valence-electron chi connectivity index (χ0n) is 19.9. The third-order valence-corrected chi connectivity index (χ3v) is 11.0. The lowest BCUT2D eigenvalue weighted by molar-refractivity contribution is -0.253. The lowest BCUT2D eigenvalue weighted by atomic mass is 9.42. The lowest BCUT2D eigenvalue weighted by Gasteiger charge is -2.65. The molecular formula is C27H48O2. The van der Waals surface area contributed by atoms with Gasteiger partial charge in [0.25, 0.3) is 0 Å². The van der Waals surface area contributed by atoms with Gasteiger partial charge in [-0.15, -0.1) is 0 Å². The molecule has 2 nitrogen and oxygen atoms in total. The van der Waals surface area contributed by atoms with Gasteiger partial charge in [0.1, 0.15) is 0 Å². The summed E-state index contributed by atoms with van der Waals surface area (Å²) < 4.78 is 0. The van der Waals surface area contributed by atoms with Crippen LogP contribution in [0.15, 0.2) is 0 Å². The van der Waals surface area contributed by atoms with Crippen molar-refractivity contribution in [1.29, 1.82) is 0 Å². The highest BCUT2D eigenvalue weighted by Gasteiger charge is 2.66. The number of aliphatic hydroxyl groups excluding tert-OH is 1. The minimum absolute atomic E-state index is 0.0735. The van der Waals surface area contributed by atoms with Crippen molar-refractivity contribution >= 4 is 0 Å². The zero-order chi connectivity index (χ0) is 21.0.